The second-order valence-electron chi connectivity index (χ2n) is 4.73. The van der Waals surface area contributed by atoms with Gasteiger partial charge in [-0.25, -0.2) is 13.2 Å². The molecule has 0 heterocycles. The molecular weight excluding hydrogens is 290 g/mol. The lowest BCUT2D eigenvalue weighted by molar-refractivity contribution is 0.0696. The van der Waals surface area contributed by atoms with E-state index in [-0.39, 0.29) is 10.5 Å². The number of aromatic carboxylic acids is 1. The monoisotopic (exact) mass is 305 g/mol. The Bertz CT molecular complexity index is 780. The first-order valence-corrected chi connectivity index (χ1v) is 7.71. The van der Waals surface area contributed by atoms with Gasteiger partial charge in [-0.2, -0.15) is 0 Å². The Morgan fingerprint density at radius 3 is 2.14 bits per heavy atom. The van der Waals surface area contributed by atoms with Crippen molar-refractivity contribution in [3.63, 3.8) is 0 Å². The van der Waals surface area contributed by atoms with Crippen LogP contribution < -0.4 is 4.72 Å². The van der Waals surface area contributed by atoms with Crippen molar-refractivity contribution in [2.75, 3.05) is 4.72 Å². The zero-order valence-electron chi connectivity index (χ0n) is 11.6. The molecule has 2 aromatic rings. The number of carbonyl (C=O) groups is 1. The maximum absolute atomic E-state index is 12.2. The number of nitrogens with one attached hydrogen (secondary N) is 1. The number of rotatable bonds is 4. The van der Waals surface area contributed by atoms with Crippen molar-refractivity contribution in [3.05, 3.63) is 59.2 Å². The Kier molecular flexibility index (Phi) is 3.99. The van der Waals surface area contributed by atoms with E-state index in [0.29, 0.717) is 5.69 Å². The molecule has 0 saturated heterocycles. The summed E-state index contributed by atoms with van der Waals surface area (Å²) in [4.78, 5) is 10.8. The highest BCUT2D eigenvalue weighted by Gasteiger charge is 2.15. The Hall–Kier alpha value is -2.34. The van der Waals surface area contributed by atoms with E-state index < -0.39 is 16.0 Å². The summed E-state index contributed by atoms with van der Waals surface area (Å²) < 4.78 is 26.9. The highest BCUT2D eigenvalue weighted by Crippen LogP contribution is 2.19. The summed E-state index contributed by atoms with van der Waals surface area (Å²) in [5.41, 5.74) is 2.57. The first-order chi connectivity index (χ1) is 9.79. The number of benzene rings is 2. The molecule has 0 spiro atoms. The van der Waals surface area contributed by atoms with Crippen LogP contribution in [0.15, 0.2) is 47.4 Å². The van der Waals surface area contributed by atoms with E-state index in [2.05, 4.69) is 4.72 Å². The van der Waals surface area contributed by atoms with Gasteiger partial charge in [0.15, 0.2) is 0 Å². The fourth-order valence-corrected chi connectivity index (χ4v) is 2.85. The molecule has 2 rings (SSSR count). The van der Waals surface area contributed by atoms with Crippen LogP contribution in [0.1, 0.15) is 21.5 Å². The van der Waals surface area contributed by atoms with Gasteiger partial charge in [-0.05, 0) is 61.4 Å². The number of carboxylic acids is 1. The maximum Gasteiger partial charge on any atom is 0.335 e. The standard InChI is InChI=1S/C15H15NO4S/c1-10-3-6-13(9-11(10)2)16-21(19,20)14-7-4-12(5-8-14)15(17)18/h3-9,16H,1-2H3,(H,17,18). The van der Waals surface area contributed by atoms with Crippen molar-refractivity contribution < 1.29 is 18.3 Å². The molecule has 0 aliphatic rings. The number of anilines is 1. The second kappa shape index (κ2) is 5.57. The average molecular weight is 305 g/mol. The van der Waals surface area contributed by atoms with E-state index in [1.807, 2.05) is 19.9 Å². The molecule has 0 aromatic heterocycles. The molecule has 21 heavy (non-hydrogen) atoms. The van der Waals surface area contributed by atoms with Gasteiger partial charge in [0.1, 0.15) is 0 Å². The van der Waals surface area contributed by atoms with Crippen molar-refractivity contribution in [3.8, 4) is 0 Å². The molecule has 0 atom stereocenters. The van der Waals surface area contributed by atoms with Crippen molar-refractivity contribution in [2.24, 2.45) is 0 Å². The van der Waals surface area contributed by atoms with Gasteiger partial charge in [0.25, 0.3) is 10.0 Å². The highest BCUT2D eigenvalue weighted by atomic mass is 32.2. The molecule has 0 unspecified atom stereocenters. The molecule has 2 aromatic carbocycles. The predicted octanol–water partition coefficient (Wildman–Crippen LogP) is 2.80. The molecule has 0 amide bonds. The van der Waals surface area contributed by atoms with Crippen LogP contribution in [0.4, 0.5) is 5.69 Å². The molecule has 0 bridgehead atoms. The quantitative estimate of drug-likeness (QED) is 0.909. The Labute approximate surface area is 123 Å². The third kappa shape index (κ3) is 3.41. The van der Waals surface area contributed by atoms with Crippen LogP contribution in [0.2, 0.25) is 0 Å². The van der Waals surface area contributed by atoms with E-state index >= 15 is 0 Å². The fraction of sp³-hybridized carbons (Fsp3) is 0.133. The lowest BCUT2D eigenvalue weighted by Crippen LogP contribution is -2.13. The number of hydrogen-bond acceptors (Lipinski definition) is 3. The number of aryl methyl sites for hydroxylation is 2. The molecule has 6 heteroatoms. The first-order valence-electron chi connectivity index (χ1n) is 6.23. The smallest absolute Gasteiger partial charge is 0.335 e. The molecule has 5 nitrogen and oxygen atoms in total. The van der Waals surface area contributed by atoms with Crippen molar-refractivity contribution >= 4 is 21.7 Å². The average Bonchev–Trinajstić information content (AvgIpc) is 2.43. The Morgan fingerprint density at radius 1 is 1.00 bits per heavy atom. The lowest BCUT2D eigenvalue weighted by atomic mass is 10.1. The highest BCUT2D eigenvalue weighted by molar-refractivity contribution is 7.92. The summed E-state index contributed by atoms with van der Waals surface area (Å²) in [7, 11) is -3.73. The third-order valence-electron chi connectivity index (χ3n) is 3.17. The molecule has 0 radical (unpaired) electrons. The van der Waals surface area contributed by atoms with Gasteiger partial charge in [-0.15, -0.1) is 0 Å². The van der Waals surface area contributed by atoms with Gasteiger partial charge in [-0.1, -0.05) is 6.07 Å². The summed E-state index contributed by atoms with van der Waals surface area (Å²) >= 11 is 0. The van der Waals surface area contributed by atoms with Crippen molar-refractivity contribution in [2.45, 2.75) is 18.7 Å². The molecule has 0 fully saturated rings. The SMILES string of the molecule is Cc1ccc(NS(=O)(=O)c2ccc(C(=O)O)cc2)cc1C. The van der Waals surface area contributed by atoms with E-state index in [1.165, 1.54) is 24.3 Å². The van der Waals surface area contributed by atoms with Crippen LogP contribution in [0.25, 0.3) is 0 Å². The van der Waals surface area contributed by atoms with Gasteiger partial charge < -0.3 is 5.11 Å². The minimum atomic E-state index is -3.73. The van der Waals surface area contributed by atoms with Crippen LogP contribution in [0.3, 0.4) is 0 Å². The van der Waals surface area contributed by atoms with E-state index in [1.54, 1.807) is 12.1 Å². The summed E-state index contributed by atoms with van der Waals surface area (Å²) in [5, 5.41) is 8.81. The van der Waals surface area contributed by atoms with Crippen molar-refractivity contribution in [1.29, 1.82) is 0 Å². The summed E-state index contributed by atoms with van der Waals surface area (Å²) in [5.74, 6) is -1.10. The number of carboxylic acid groups (broad SMARTS) is 1. The van der Waals surface area contributed by atoms with Gasteiger partial charge in [0.05, 0.1) is 10.5 Å². The first kappa shape index (κ1) is 15.1. The number of sulfonamides is 1. The maximum atomic E-state index is 12.2. The fourth-order valence-electron chi connectivity index (χ4n) is 1.80. The molecular formula is C15H15NO4S. The summed E-state index contributed by atoms with van der Waals surface area (Å²) in [6.07, 6.45) is 0. The zero-order chi connectivity index (χ0) is 15.6. The van der Waals surface area contributed by atoms with Gasteiger partial charge in [-0.3, -0.25) is 4.72 Å². The number of hydrogen-bond donors (Lipinski definition) is 2. The van der Waals surface area contributed by atoms with Gasteiger partial charge in [0, 0.05) is 5.69 Å². The topological polar surface area (TPSA) is 83.5 Å². The normalized spacial score (nSPS) is 11.1. The molecule has 110 valence electrons. The lowest BCUT2D eigenvalue weighted by Gasteiger charge is -2.10. The zero-order valence-corrected chi connectivity index (χ0v) is 12.4. The minimum absolute atomic E-state index is 0.0192. The van der Waals surface area contributed by atoms with E-state index in [0.717, 1.165) is 11.1 Å². The molecule has 2 N–H and O–H groups in total. The molecule has 0 aliphatic carbocycles. The second-order valence-corrected chi connectivity index (χ2v) is 6.42. The largest absolute Gasteiger partial charge is 0.478 e. The summed E-state index contributed by atoms with van der Waals surface area (Å²) in [6, 6.07) is 10.3. The minimum Gasteiger partial charge on any atom is -0.478 e. The predicted molar refractivity (Wildman–Crippen MR) is 80.1 cm³/mol. The Balaban J connectivity index is 2.29. The van der Waals surface area contributed by atoms with E-state index in [4.69, 9.17) is 5.11 Å². The van der Waals surface area contributed by atoms with Gasteiger partial charge >= 0.3 is 5.97 Å². The van der Waals surface area contributed by atoms with E-state index in [9.17, 15) is 13.2 Å². The molecule has 0 saturated carbocycles. The van der Waals surface area contributed by atoms with Crippen LogP contribution >= 0.6 is 0 Å². The molecule has 0 aliphatic heterocycles. The Morgan fingerprint density at radius 2 is 1.62 bits per heavy atom. The van der Waals surface area contributed by atoms with Crippen LogP contribution in [-0.2, 0) is 10.0 Å². The van der Waals surface area contributed by atoms with Crippen LogP contribution in [-0.4, -0.2) is 19.5 Å². The van der Waals surface area contributed by atoms with Crippen molar-refractivity contribution in [1.82, 2.24) is 0 Å². The summed E-state index contributed by atoms with van der Waals surface area (Å²) in [6.45, 7) is 3.84. The van der Waals surface area contributed by atoms with Crippen LogP contribution in [0.5, 0.6) is 0 Å². The van der Waals surface area contributed by atoms with Gasteiger partial charge in [0.2, 0.25) is 0 Å². The van der Waals surface area contributed by atoms with Crippen LogP contribution in [0, 0.1) is 13.8 Å². The third-order valence-corrected chi connectivity index (χ3v) is 4.57.